The zero-order valence-electron chi connectivity index (χ0n) is 23.3. The summed E-state index contributed by atoms with van der Waals surface area (Å²) in [6.45, 7) is 13.4. The molecule has 1 heterocycles. The van der Waals surface area contributed by atoms with Gasteiger partial charge in [0.1, 0.15) is 11.6 Å². The topological polar surface area (TPSA) is 93.5 Å². The van der Waals surface area contributed by atoms with E-state index in [1.54, 1.807) is 6.07 Å². The Morgan fingerprint density at radius 3 is 2.21 bits per heavy atom. The first kappa shape index (κ1) is 30.4. The lowest BCUT2D eigenvalue weighted by molar-refractivity contribution is -0.160. The molecular formula is C30H41Cl2N3O3. The molecule has 0 saturated carbocycles. The van der Waals surface area contributed by atoms with Gasteiger partial charge in [-0.3, -0.25) is 4.79 Å². The highest BCUT2D eigenvalue weighted by molar-refractivity contribution is 6.30. The maximum absolute atomic E-state index is 14.0. The monoisotopic (exact) mass is 561 g/mol. The summed E-state index contributed by atoms with van der Waals surface area (Å²) in [5.74, 6) is -1.11. The predicted octanol–water partition coefficient (Wildman–Crippen LogP) is 5.80. The van der Waals surface area contributed by atoms with Crippen LogP contribution in [0.5, 0.6) is 0 Å². The number of halogens is 2. The standard InChI is InChI=1S/C30H41Cl2N3O3/c1-17(2)15-23-30(33,20-11-13-21(31)14-12-20)24(19-9-8-10-22(32)16-19)26(34-23)27(36)35-25(18(3)4)28(37)38-29(5,6)7/h8-14,16-18,23-26,34H,15,33H2,1-7H3,(H,35,36). The van der Waals surface area contributed by atoms with E-state index >= 15 is 0 Å². The lowest BCUT2D eigenvalue weighted by Crippen LogP contribution is -2.53. The molecule has 3 rings (SSSR count). The molecule has 5 unspecified atom stereocenters. The van der Waals surface area contributed by atoms with Crippen molar-refractivity contribution in [3.05, 3.63) is 69.7 Å². The van der Waals surface area contributed by atoms with Gasteiger partial charge in [0.25, 0.3) is 0 Å². The van der Waals surface area contributed by atoms with Gasteiger partial charge in [-0.05, 0) is 74.4 Å². The summed E-state index contributed by atoms with van der Waals surface area (Å²) >= 11 is 12.6. The molecule has 208 valence electrons. The van der Waals surface area contributed by atoms with Crippen molar-refractivity contribution in [1.82, 2.24) is 10.6 Å². The quantitative estimate of drug-likeness (QED) is 0.354. The summed E-state index contributed by atoms with van der Waals surface area (Å²) in [5.41, 5.74) is 7.47. The molecule has 38 heavy (non-hydrogen) atoms. The number of rotatable bonds is 8. The van der Waals surface area contributed by atoms with Crippen molar-refractivity contribution in [3.63, 3.8) is 0 Å². The molecule has 1 saturated heterocycles. The third kappa shape index (κ3) is 6.90. The van der Waals surface area contributed by atoms with E-state index in [2.05, 4.69) is 24.5 Å². The Labute approximate surface area is 237 Å². The Kier molecular flexibility index (Phi) is 9.57. The van der Waals surface area contributed by atoms with Gasteiger partial charge in [-0.1, -0.05) is 75.2 Å². The number of esters is 1. The van der Waals surface area contributed by atoms with Gasteiger partial charge in [0.05, 0.1) is 11.6 Å². The van der Waals surface area contributed by atoms with Gasteiger partial charge in [-0.2, -0.15) is 0 Å². The minimum atomic E-state index is -0.958. The third-order valence-electron chi connectivity index (χ3n) is 6.97. The zero-order chi connectivity index (χ0) is 28.4. The second-order valence-corrected chi connectivity index (χ2v) is 12.9. The van der Waals surface area contributed by atoms with Crippen molar-refractivity contribution < 1.29 is 14.3 Å². The van der Waals surface area contributed by atoms with Crippen LogP contribution in [0.15, 0.2) is 48.5 Å². The SMILES string of the molecule is CC(C)CC1NC(C(=O)NC(C(=O)OC(C)(C)C)C(C)C)C(c2cccc(Cl)c2)C1(N)c1ccc(Cl)cc1. The average Bonchev–Trinajstić information content (AvgIpc) is 3.08. The molecule has 4 N–H and O–H groups in total. The van der Waals surface area contributed by atoms with E-state index in [1.807, 2.05) is 77.1 Å². The highest BCUT2D eigenvalue weighted by atomic mass is 35.5. The number of carbonyl (C=O) groups is 2. The number of nitrogens with two attached hydrogens (primary N) is 1. The third-order valence-corrected chi connectivity index (χ3v) is 7.46. The average molecular weight is 563 g/mol. The fraction of sp³-hybridized carbons (Fsp3) is 0.533. The van der Waals surface area contributed by atoms with E-state index in [1.165, 1.54) is 0 Å². The van der Waals surface area contributed by atoms with Gasteiger partial charge in [0.2, 0.25) is 5.91 Å². The van der Waals surface area contributed by atoms with Gasteiger partial charge in [0, 0.05) is 22.0 Å². The second-order valence-electron chi connectivity index (χ2n) is 12.1. The van der Waals surface area contributed by atoms with Gasteiger partial charge < -0.3 is 21.1 Å². The number of hydrogen-bond donors (Lipinski definition) is 3. The van der Waals surface area contributed by atoms with Crippen LogP contribution >= 0.6 is 23.2 Å². The van der Waals surface area contributed by atoms with Gasteiger partial charge in [-0.25, -0.2) is 4.79 Å². The first-order valence-corrected chi connectivity index (χ1v) is 14.0. The molecule has 1 aliphatic rings. The van der Waals surface area contributed by atoms with Crippen LogP contribution in [-0.4, -0.2) is 35.6 Å². The summed E-state index contributed by atoms with van der Waals surface area (Å²) in [7, 11) is 0. The van der Waals surface area contributed by atoms with Crippen molar-refractivity contribution in [2.24, 2.45) is 17.6 Å². The van der Waals surface area contributed by atoms with Crippen molar-refractivity contribution in [1.29, 1.82) is 0 Å². The van der Waals surface area contributed by atoms with Crippen LogP contribution in [0.1, 0.15) is 71.9 Å². The van der Waals surface area contributed by atoms with E-state index < -0.39 is 35.1 Å². The Bertz CT molecular complexity index is 1130. The maximum Gasteiger partial charge on any atom is 0.329 e. The Morgan fingerprint density at radius 1 is 1.05 bits per heavy atom. The van der Waals surface area contributed by atoms with E-state index in [4.69, 9.17) is 33.7 Å². The minimum absolute atomic E-state index is 0.176. The van der Waals surface area contributed by atoms with E-state index in [0.29, 0.717) is 16.0 Å². The maximum atomic E-state index is 14.0. The van der Waals surface area contributed by atoms with Crippen LogP contribution < -0.4 is 16.4 Å². The van der Waals surface area contributed by atoms with Crippen molar-refractivity contribution >= 4 is 35.1 Å². The summed E-state index contributed by atoms with van der Waals surface area (Å²) in [5, 5.41) is 7.70. The van der Waals surface area contributed by atoms with Crippen LogP contribution in [0.25, 0.3) is 0 Å². The number of benzene rings is 2. The van der Waals surface area contributed by atoms with Crippen molar-refractivity contribution in [3.8, 4) is 0 Å². The van der Waals surface area contributed by atoms with Crippen molar-refractivity contribution in [2.45, 2.75) is 90.1 Å². The fourth-order valence-electron chi connectivity index (χ4n) is 5.30. The van der Waals surface area contributed by atoms with E-state index in [-0.39, 0.29) is 17.9 Å². The molecule has 1 amide bonds. The predicted molar refractivity (Wildman–Crippen MR) is 154 cm³/mol. The van der Waals surface area contributed by atoms with Gasteiger partial charge >= 0.3 is 5.97 Å². The molecule has 0 spiro atoms. The van der Waals surface area contributed by atoms with Gasteiger partial charge in [0.15, 0.2) is 0 Å². The Morgan fingerprint density at radius 2 is 1.68 bits per heavy atom. The molecule has 0 bridgehead atoms. The van der Waals surface area contributed by atoms with Crippen LogP contribution in [0.3, 0.4) is 0 Å². The molecule has 0 aliphatic carbocycles. The number of nitrogens with one attached hydrogen (secondary N) is 2. The molecule has 5 atom stereocenters. The second kappa shape index (κ2) is 12.0. The minimum Gasteiger partial charge on any atom is -0.458 e. The molecule has 0 radical (unpaired) electrons. The largest absolute Gasteiger partial charge is 0.458 e. The smallest absolute Gasteiger partial charge is 0.329 e. The molecule has 0 aromatic heterocycles. The lowest BCUT2D eigenvalue weighted by atomic mass is 9.70. The Balaban J connectivity index is 2.10. The lowest BCUT2D eigenvalue weighted by Gasteiger charge is -2.38. The summed E-state index contributed by atoms with van der Waals surface area (Å²) in [4.78, 5) is 27.0. The number of ether oxygens (including phenoxy) is 1. The van der Waals surface area contributed by atoms with Gasteiger partial charge in [-0.15, -0.1) is 0 Å². The summed E-state index contributed by atoms with van der Waals surface area (Å²) in [6, 6.07) is 13.2. The van der Waals surface area contributed by atoms with Crippen LogP contribution in [0.2, 0.25) is 10.0 Å². The molecule has 2 aromatic carbocycles. The molecule has 8 heteroatoms. The van der Waals surface area contributed by atoms with E-state index in [9.17, 15) is 9.59 Å². The summed E-state index contributed by atoms with van der Waals surface area (Å²) < 4.78 is 5.62. The van der Waals surface area contributed by atoms with E-state index in [0.717, 1.165) is 17.5 Å². The highest BCUT2D eigenvalue weighted by Crippen LogP contribution is 2.47. The summed E-state index contributed by atoms with van der Waals surface area (Å²) in [6.07, 6.45) is 0.736. The molecule has 1 aliphatic heterocycles. The highest BCUT2D eigenvalue weighted by Gasteiger charge is 2.56. The number of carbonyl (C=O) groups excluding carboxylic acids is 2. The van der Waals surface area contributed by atoms with Crippen molar-refractivity contribution in [2.75, 3.05) is 0 Å². The number of amides is 1. The number of hydrogen-bond acceptors (Lipinski definition) is 5. The van der Waals surface area contributed by atoms with Crippen LogP contribution in [0.4, 0.5) is 0 Å². The first-order chi connectivity index (χ1) is 17.6. The van der Waals surface area contributed by atoms with Crippen LogP contribution in [-0.2, 0) is 19.9 Å². The first-order valence-electron chi connectivity index (χ1n) is 13.2. The normalized spacial score (nSPS) is 24.5. The molecular weight excluding hydrogens is 521 g/mol. The molecule has 1 fully saturated rings. The molecule has 2 aromatic rings. The zero-order valence-corrected chi connectivity index (χ0v) is 24.9. The van der Waals surface area contributed by atoms with Crippen LogP contribution in [0, 0.1) is 11.8 Å². The molecule has 6 nitrogen and oxygen atoms in total. The fourth-order valence-corrected chi connectivity index (χ4v) is 5.62. The Hall–Kier alpha value is -2.12.